The van der Waals surface area contributed by atoms with Crippen LogP contribution in [0.5, 0.6) is 0 Å². The van der Waals surface area contributed by atoms with Crippen LogP contribution in [0.3, 0.4) is 0 Å². The summed E-state index contributed by atoms with van der Waals surface area (Å²) in [6.45, 7) is 5.56. The van der Waals surface area contributed by atoms with E-state index in [1.165, 1.54) is 12.1 Å². The molecule has 4 rings (SSSR count). The third-order valence-electron chi connectivity index (χ3n) is 6.73. The van der Waals surface area contributed by atoms with Crippen molar-refractivity contribution in [2.24, 2.45) is 0 Å². The van der Waals surface area contributed by atoms with Gasteiger partial charge < -0.3 is 10.6 Å². The van der Waals surface area contributed by atoms with Crippen LogP contribution in [0, 0.1) is 20.8 Å². The van der Waals surface area contributed by atoms with E-state index in [4.69, 9.17) is 0 Å². The predicted octanol–water partition coefficient (Wildman–Crippen LogP) is 5.42. The van der Waals surface area contributed by atoms with Gasteiger partial charge in [0, 0.05) is 6.54 Å². The van der Waals surface area contributed by atoms with E-state index in [1.54, 1.807) is 48.5 Å². The van der Waals surface area contributed by atoms with Gasteiger partial charge >= 0.3 is 0 Å². The number of nitrogens with one attached hydrogen (secondary N) is 2. The molecular formula is C32H33N3O4S. The van der Waals surface area contributed by atoms with Crippen molar-refractivity contribution in [2.75, 3.05) is 22.7 Å². The molecule has 0 radical (unpaired) electrons. The van der Waals surface area contributed by atoms with Gasteiger partial charge in [0.05, 0.1) is 21.8 Å². The van der Waals surface area contributed by atoms with Crippen molar-refractivity contribution in [1.29, 1.82) is 0 Å². The van der Waals surface area contributed by atoms with Crippen LogP contribution in [-0.4, -0.2) is 33.3 Å². The molecule has 7 nitrogen and oxygen atoms in total. The van der Waals surface area contributed by atoms with E-state index >= 15 is 0 Å². The summed E-state index contributed by atoms with van der Waals surface area (Å²) in [6, 6.07) is 28.4. The van der Waals surface area contributed by atoms with Crippen LogP contribution in [0.4, 0.5) is 11.4 Å². The molecule has 8 heteroatoms. The number of nitrogens with zero attached hydrogens (tertiary/aromatic N) is 1. The van der Waals surface area contributed by atoms with Gasteiger partial charge in [-0.1, -0.05) is 72.3 Å². The first-order valence-electron chi connectivity index (χ1n) is 13.0. The van der Waals surface area contributed by atoms with Crippen LogP contribution in [0.15, 0.2) is 102 Å². The second-order valence-electron chi connectivity index (χ2n) is 9.63. The third kappa shape index (κ3) is 6.76. The number of carbonyl (C=O) groups is 2. The van der Waals surface area contributed by atoms with Crippen molar-refractivity contribution in [2.45, 2.75) is 32.1 Å². The van der Waals surface area contributed by atoms with E-state index in [0.717, 1.165) is 26.6 Å². The molecule has 0 aliphatic rings. The number of anilines is 2. The van der Waals surface area contributed by atoms with Gasteiger partial charge in [-0.3, -0.25) is 13.9 Å². The zero-order chi connectivity index (χ0) is 28.7. The first-order valence-corrected chi connectivity index (χ1v) is 14.5. The highest BCUT2D eigenvalue weighted by Gasteiger charge is 2.29. The molecule has 0 saturated carbocycles. The van der Waals surface area contributed by atoms with E-state index in [1.807, 2.05) is 57.2 Å². The summed E-state index contributed by atoms with van der Waals surface area (Å²) in [5.41, 5.74) is 4.70. The number of carbonyl (C=O) groups excluding carboxylic acids is 2. The quantitative estimate of drug-likeness (QED) is 0.273. The molecule has 0 bridgehead atoms. The lowest BCUT2D eigenvalue weighted by Gasteiger charge is -2.26. The molecule has 0 spiro atoms. The third-order valence-corrected chi connectivity index (χ3v) is 8.50. The second kappa shape index (κ2) is 12.6. The van der Waals surface area contributed by atoms with Crippen molar-refractivity contribution in [1.82, 2.24) is 5.32 Å². The highest BCUT2D eigenvalue weighted by atomic mass is 32.2. The molecule has 0 heterocycles. The number of hydrogen-bond acceptors (Lipinski definition) is 4. The Morgan fingerprint density at radius 1 is 0.775 bits per heavy atom. The summed E-state index contributed by atoms with van der Waals surface area (Å²) in [7, 11) is -4.07. The SMILES string of the molecule is Cc1ccc(S(=O)(=O)N(CC(=O)Nc2ccccc2C(=O)NCCc2ccccc2)c2cccc(C)c2C)cc1. The minimum atomic E-state index is -4.07. The van der Waals surface area contributed by atoms with Crippen LogP contribution in [0.25, 0.3) is 0 Å². The number of para-hydroxylation sites is 1. The molecule has 0 atom stereocenters. The summed E-state index contributed by atoms with van der Waals surface area (Å²) >= 11 is 0. The lowest BCUT2D eigenvalue weighted by atomic mass is 10.1. The minimum Gasteiger partial charge on any atom is -0.352 e. The molecule has 2 amide bonds. The molecule has 0 aliphatic carbocycles. The summed E-state index contributed by atoms with van der Waals surface area (Å²) < 4.78 is 28.7. The zero-order valence-corrected chi connectivity index (χ0v) is 23.7. The molecule has 4 aromatic carbocycles. The monoisotopic (exact) mass is 555 g/mol. The van der Waals surface area contributed by atoms with E-state index < -0.39 is 22.5 Å². The highest BCUT2D eigenvalue weighted by molar-refractivity contribution is 7.92. The fraction of sp³-hybridized carbons (Fsp3) is 0.188. The predicted molar refractivity (Wildman–Crippen MR) is 159 cm³/mol. The molecule has 0 fully saturated rings. The summed E-state index contributed by atoms with van der Waals surface area (Å²) in [4.78, 5) is 26.4. The molecule has 40 heavy (non-hydrogen) atoms. The van der Waals surface area contributed by atoms with Gasteiger partial charge in [0.15, 0.2) is 0 Å². The Morgan fingerprint density at radius 2 is 1.45 bits per heavy atom. The van der Waals surface area contributed by atoms with Crippen molar-refractivity contribution < 1.29 is 18.0 Å². The Hall–Kier alpha value is -4.43. The standard InChI is InChI=1S/C32H33N3O4S/c1-23-16-18-27(19-17-23)40(38,39)35(30-15-9-10-24(2)25(30)3)22-31(36)34-29-14-8-7-13-28(29)32(37)33-21-20-26-11-5-4-6-12-26/h4-19H,20-22H2,1-3H3,(H,33,37)(H,34,36). The fourth-order valence-corrected chi connectivity index (χ4v) is 5.79. The molecular weight excluding hydrogens is 522 g/mol. The van der Waals surface area contributed by atoms with E-state index in [-0.39, 0.29) is 10.8 Å². The van der Waals surface area contributed by atoms with Crippen molar-refractivity contribution in [3.8, 4) is 0 Å². The average Bonchev–Trinajstić information content (AvgIpc) is 2.94. The molecule has 0 unspecified atom stereocenters. The molecule has 0 saturated heterocycles. The number of amides is 2. The Kier molecular flexibility index (Phi) is 9.01. The maximum Gasteiger partial charge on any atom is 0.264 e. The summed E-state index contributed by atoms with van der Waals surface area (Å²) in [5, 5.41) is 5.66. The highest BCUT2D eigenvalue weighted by Crippen LogP contribution is 2.29. The van der Waals surface area contributed by atoms with Gasteiger partial charge in [0.25, 0.3) is 15.9 Å². The Labute approximate surface area is 235 Å². The number of hydrogen-bond donors (Lipinski definition) is 2. The summed E-state index contributed by atoms with van der Waals surface area (Å²) in [6.07, 6.45) is 0.669. The summed E-state index contributed by atoms with van der Waals surface area (Å²) in [5.74, 6) is -0.897. The second-order valence-corrected chi connectivity index (χ2v) is 11.5. The van der Waals surface area contributed by atoms with Crippen LogP contribution >= 0.6 is 0 Å². The number of sulfonamides is 1. The van der Waals surface area contributed by atoms with E-state index in [9.17, 15) is 18.0 Å². The normalized spacial score (nSPS) is 11.1. The van der Waals surface area contributed by atoms with Crippen LogP contribution < -0.4 is 14.9 Å². The lowest BCUT2D eigenvalue weighted by molar-refractivity contribution is -0.114. The van der Waals surface area contributed by atoms with Crippen molar-refractivity contribution in [3.63, 3.8) is 0 Å². The molecule has 0 aliphatic heterocycles. The zero-order valence-electron chi connectivity index (χ0n) is 22.8. The Bertz CT molecular complexity index is 1600. The Balaban J connectivity index is 1.56. The van der Waals surface area contributed by atoms with Crippen LogP contribution in [0.2, 0.25) is 0 Å². The number of rotatable bonds is 10. The topological polar surface area (TPSA) is 95.6 Å². The van der Waals surface area contributed by atoms with Crippen LogP contribution in [-0.2, 0) is 21.2 Å². The first-order chi connectivity index (χ1) is 19.2. The van der Waals surface area contributed by atoms with Crippen LogP contribution in [0.1, 0.15) is 32.6 Å². The van der Waals surface area contributed by atoms with Gasteiger partial charge in [0.2, 0.25) is 5.91 Å². The van der Waals surface area contributed by atoms with E-state index in [2.05, 4.69) is 10.6 Å². The molecule has 0 aromatic heterocycles. The van der Waals surface area contributed by atoms with Crippen molar-refractivity contribution >= 4 is 33.2 Å². The van der Waals surface area contributed by atoms with Gasteiger partial charge in [-0.15, -0.1) is 0 Å². The largest absolute Gasteiger partial charge is 0.352 e. The molecule has 4 aromatic rings. The maximum atomic E-state index is 13.8. The van der Waals surface area contributed by atoms with E-state index in [0.29, 0.717) is 29.9 Å². The van der Waals surface area contributed by atoms with Gasteiger partial charge in [0.1, 0.15) is 6.54 Å². The molecule has 2 N–H and O–H groups in total. The van der Waals surface area contributed by atoms with Gasteiger partial charge in [-0.05, 0) is 74.2 Å². The smallest absolute Gasteiger partial charge is 0.264 e. The van der Waals surface area contributed by atoms with Gasteiger partial charge in [-0.2, -0.15) is 0 Å². The first kappa shape index (κ1) is 28.6. The molecule has 206 valence electrons. The minimum absolute atomic E-state index is 0.0880. The maximum absolute atomic E-state index is 13.8. The fourth-order valence-electron chi connectivity index (χ4n) is 4.31. The van der Waals surface area contributed by atoms with Crippen molar-refractivity contribution in [3.05, 3.63) is 125 Å². The number of aryl methyl sites for hydroxylation is 2. The van der Waals surface area contributed by atoms with Gasteiger partial charge in [-0.25, -0.2) is 8.42 Å². The Morgan fingerprint density at radius 3 is 2.17 bits per heavy atom. The number of benzene rings is 4. The average molecular weight is 556 g/mol. The lowest BCUT2D eigenvalue weighted by Crippen LogP contribution is -2.39.